The number of unbranched alkanes of at least 4 members (excludes halogenated alkanes) is 4. The molecule has 0 fully saturated rings. The molecule has 0 amide bonds. The molecule has 0 aromatic rings. The molecule has 0 bridgehead atoms. The second kappa shape index (κ2) is 7.51. The van der Waals surface area contributed by atoms with Crippen molar-refractivity contribution in [3.05, 3.63) is 0 Å². The zero-order valence-corrected chi connectivity index (χ0v) is 9.13. The minimum absolute atomic E-state index is 0.270. The Labute approximate surface area is 80.0 Å². The van der Waals surface area contributed by atoms with Crippen LogP contribution in [0.25, 0.3) is 0 Å². The van der Waals surface area contributed by atoms with Crippen LogP contribution in [-0.4, -0.2) is 24.7 Å². The molecule has 4 nitrogen and oxygen atoms in total. The lowest BCUT2D eigenvalue weighted by Gasteiger charge is -2.07. The van der Waals surface area contributed by atoms with Crippen molar-refractivity contribution in [3.63, 3.8) is 0 Å². The molecule has 0 rings (SSSR count). The van der Waals surface area contributed by atoms with Crippen LogP contribution in [0.4, 0.5) is 0 Å². The molecular formula is C8H20NO3P. The molecule has 0 aliphatic carbocycles. The van der Waals surface area contributed by atoms with Crippen LogP contribution in [-0.2, 0) is 9.09 Å². The molecule has 0 saturated heterocycles. The SMILES string of the molecule is COP(=O)(O)CCCCCCCN. The van der Waals surface area contributed by atoms with Crippen molar-refractivity contribution in [1.82, 2.24) is 0 Å². The Hall–Kier alpha value is 0.110. The standard InChI is InChI=1S/C8H20NO3P/c1-12-13(10,11)8-6-4-2-3-5-7-9/h2-9H2,1H3,(H,10,11). The third-order valence-electron chi connectivity index (χ3n) is 1.93. The number of rotatable bonds is 8. The maximum atomic E-state index is 11.0. The molecule has 0 aromatic heterocycles. The Morgan fingerprint density at radius 2 is 1.77 bits per heavy atom. The van der Waals surface area contributed by atoms with Gasteiger partial charge in [-0.15, -0.1) is 0 Å². The van der Waals surface area contributed by atoms with Gasteiger partial charge in [0, 0.05) is 13.3 Å². The summed E-state index contributed by atoms with van der Waals surface area (Å²) in [5.41, 5.74) is 5.33. The van der Waals surface area contributed by atoms with Crippen LogP contribution in [0, 0.1) is 0 Å². The van der Waals surface area contributed by atoms with Gasteiger partial charge in [-0.25, -0.2) is 0 Å². The summed E-state index contributed by atoms with van der Waals surface area (Å²) in [6.45, 7) is 0.733. The van der Waals surface area contributed by atoms with Gasteiger partial charge in [-0.05, 0) is 19.4 Å². The van der Waals surface area contributed by atoms with Crippen molar-refractivity contribution < 1.29 is 14.0 Å². The summed E-state index contributed by atoms with van der Waals surface area (Å²) >= 11 is 0. The minimum atomic E-state index is -3.25. The third-order valence-corrected chi connectivity index (χ3v) is 3.38. The fraction of sp³-hybridized carbons (Fsp3) is 1.00. The van der Waals surface area contributed by atoms with Crippen LogP contribution in [0.3, 0.4) is 0 Å². The normalized spacial score (nSPS) is 15.6. The van der Waals surface area contributed by atoms with Gasteiger partial charge in [0.2, 0.25) is 0 Å². The number of hydrogen-bond donors (Lipinski definition) is 2. The van der Waals surface area contributed by atoms with E-state index in [4.69, 9.17) is 10.6 Å². The van der Waals surface area contributed by atoms with Crippen molar-refractivity contribution in [1.29, 1.82) is 0 Å². The van der Waals surface area contributed by atoms with Gasteiger partial charge in [-0.1, -0.05) is 19.3 Å². The van der Waals surface area contributed by atoms with Gasteiger partial charge in [0.25, 0.3) is 0 Å². The molecule has 80 valence electrons. The highest BCUT2D eigenvalue weighted by Crippen LogP contribution is 2.41. The first-order chi connectivity index (χ1) is 6.12. The van der Waals surface area contributed by atoms with Crippen molar-refractivity contribution in [2.45, 2.75) is 32.1 Å². The summed E-state index contributed by atoms with van der Waals surface area (Å²) in [7, 11) is -1.98. The predicted molar refractivity (Wildman–Crippen MR) is 53.8 cm³/mol. The molecule has 0 aliphatic heterocycles. The van der Waals surface area contributed by atoms with Gasteiger partial charge in [0.05, 0.1) is 0 Å². The van der Waals surface area contributed by atoms with E-state index in [1.54, 1.807) is 0 Å². The fourth-order valence-electron chi connectivity index (χ4n) is 1.08. The molecule has 0 heterocycles. The molecule has 3 N–H and O–H groups in total. The van der Waals surface area contributed by atoms with E-state index in [-0.39, 0.29) is 6.16 Å². The molecular weight excluding hydrogens is 189 g/mol. The summed E-state index contributed by atoms with van der Waals surface area (Å²) in [4.78, 5) is 9.04. The van der Waals surface area contributed by atoms with Crippen molar-refractivity contribution >= 4 is 7.60 Å². The van der Waals surface area contributed by atoms with Gasteiger partial charge in [-0.2, -0.15) is 0 Å². The minimum Gasteiger partial charge on any atom is -0.330 e. The maximum Gasteiger partial charge on any atom is 0.327 e. The lowest BCUT2D eigenvalue weighted by molar-refractivity contribution is 0.314. The van der Waals surface area contributed by atoms with E-state index in [2.05, 4.69) is 4.52 Å². The predicted octanol–water partition coefficient (Wildman–Crippen LogP) is 1.73. The summed E-state index contributed by atoms with van der Waals surface area (Å²) in [5.74, 6) is 0. The molecule has 0 radical (unpaired) electrons. The number of nitrogens with two attached hydrogens (primary N) is 1. The summed E-state index contributed by atoms with van der Waals surface area (Å²) in [5, 5.41) is 0. The van der Waals surface area contributed by atoms with Gasteiger partial charge in [0.1, 0.15) is 0 Å². The third kappa shape index (κ3) is 8.44. The fourth-order valence-corrected chi connectivity index (χ4v) is 1.88. The van der Waals surface area contributed by atoms with Crippen LogP contribution < -0.4 is 5.73 Å². The first-order valence-corrected chi connectivity index (χ1v) is 6.46. The molecule has 0 aliphatic rings. The van der Waals surface area contributed by atoms with Crippen LogP contribution in [0.15, 0.2) is 0 Å². The summed E-state index contributed by atoms with van der Waals surface area (Å²) < 4.78 is 15.4. The molecule has 0 saturated carbocycles. The maximum absolute atomic E-state index is 11.0. The Morgan fingerprint density at radius 1 is 1.23 bits per heavy atom. The van der Waals surface area contributed by atoms with Crippen molar-refractivity contribution in [2.75, 3.05) is 19.8 Å². The average molecular weight is 209 g/mol. The second-order valence-corrected chi connectivity index (χ2v) is 5.19. The van der Waals surface area contributed by atoms with Crippen LogP contribution >= 0.6 is 7.60 Å². The van der Waals surface area contributed by atoms with Crippen molar-refractivity contribution in [3.8, 4) is 0 Å². The van der Waals surface area contributed by atoms with Gasteiger partial charge >= 0.3 is 7.60 Å². The van der Waals surface area contributed by atoms with E-state index >= 15 is 0 Å². The van der Waals surface area contributed by atoms with Crippen LogP contribution in [0.1, 0.15) is 32.1 Å². The van der Waals surface area contributed by atoms with E-state index in [0.29, 0.717) is 0 Å². The quantitative estimate of drug-likeness (QED) is 0.471. The second-order valence-electron chi connectivity index (χ2n) is 3.10. The molecule has 0 spiro atoms. The first-order valence-electron chi connectivity index (χ1n) is 4.70. The van der Waals surface area contributed by atoms with E-state index in [1.165, 1.54) is 7.11 Å². The topological polar surface area (TPSA) is 72.5 Å². The summed E-state index contributed by atoms with van der Waals surface area (Å²) in [6, 6.07) is 0. The van der Waals surface area contributed by atoms with Gasteiger partial charge in [-0.3, -0.25) is 4.57 Å². The Morgan fingerprint density at radius 3 is 2.31 bits per heavy atom. The largest absolute Gasteiger partial charge is 0.330 e. The van der Waals surface area contributed by atoms with Gasteiger partial charge in [0.15, 0.2) is 0 Å². The Kier molecular flexibility index (Phi) is 7.57. The summed E-state index contributed by atoms with van der Waals surface area (Å²) in [6.07, 6.45) is 5.24. The van der Waals surface area contributed by atoms with E-state index < -0.39 is 7.60 Å². The zero-order chi connectivity index (χ0) is 10.2. The lowest BCUT2D eigenvalue weighted by atomic mass is 10.2. The lowest BCUT2D eigenvalue weighted by Crippen LogP contribution is -1.98. The Balaban J connectivity index is 3.21. The van der Waals surface area contributed by atoms with Gasteiger partial charge < -0.3 is 15.2 Å². The highest BCUT2D eigenvalue weighted by atomic mass is 31.2. The zero-order valence-electron chi connectivity index (χ0n) is 8.24. The highest BCUT2D eigenvalue weighted by Gasteiger charge is 2.15. The Bertz CT molecular complexity index is 163. The van der Waals surface area contributed by atoms with E-state index in [0.717, 1.165) is 38.6 Å². The smallest absolute Gasteiger partial charge is 0.327 e. The molecule has 5 heteroatoms. The number of hydrogen-bond acceptors (Lipinski definition) is 3. The molecule has 1 atom stereocenters. The molecule has 0 aromatic carbocycles. The van der Waals surface area contributed by atoms with E-state index in [1.807, 2.05) is 0 Å². The van der Waals surface area contributed by atoms with Crippen LogP contribution in [0.2, 0.25) is 0 Å². The van der Waals surface area contributed by atoms with Crippen LogP contribution in [0.5, 0.6) is 0 Å². The van der Waals surface area contributed by atoms with E-state index in [9.17, 15) is 4.57 Å². The monoisotopic (exact) mass is 209 g/mol. The first kappa shape index (κ1) is 13.1. The molecule has 1 unspecified atom stereocenters. The van der Waals surface area contributed by atoms with Crippen molar-refractivity contribution in [2.24, 2.45) is 5.73 Å². The average Bonchev–Trinajstić information content (AvgIpc) is 2.11. The highest BCUT2D eigenvalue weighted by molar-refractivity contribution is 7.52. The molecule has 13 heavy (non-hydrogen) atoms.